The summed E-state index contributed by atoms with van der Waals surface area (Å²) in [6.45, 7) is 7.01. The Bertz CT molecular complexity index is 411. The van der Waals surface area contributed by atoms with Crippen LogP contribution in [0.4, 0.5) is 0 Å². The van der Waals surface area contributed by atoms with Crippen molar-refractivity contribution in [1.29, 1.82) is 0 Å². The van der Waals surface area contributed by atoms with Crippen LogP contribution in [-0.2, 0) is 4.74 Å². The molecule has 1 N–H and O–H groups in total. The zero-order valence-electron chi connectivity index (χ0n) is 12.6. The fourth-order valence-corrected chi connectivity index (χ4v) is 2.78. The summed E-state index contributed by atoms with van der Waals surface area (Å²) in [7, 11) is 4.33. The normalized spacial score (nSPS) is 21.6. The summed E-state index contributed by atoms with van der Waals surface area (Å²) in [5, 5.41) is 3.56. The fourth-order valence-electron chi connectivity index (χ4n) is 2.78. The topological polar surface area (TPSA) is 24.5 Å². The van der Waals surface area contributed by atoms with Gasteiger partial charge in [0.15, 0.2) is 0 Å². The second-order valence-electron chi connectivity index (χ2n) is 5.80. The third-order valence-electron chi connectivity index (χ3n) is 3.92. The maximum atomic E-state index is 5.57. The van der Waals surface area contributed by atoms with Crippen molar-refractivity contribution in [1.82, 2.24) is 10.2 Å². The van der Waals surface area contributed by atoms with E-state index in [2.05, 4.69) is 56.4 Å². The summed E-state index contributed by atoms with van der Waals surface area (Å²) in [5.74, 6) is 0. The second-order valence-corrected chi connectivity index (χ2v) is 5.80. The minimum Gasteiger partial charge on any atom is -0.379 e. The average molecular weight is 262 g/mol. The molecule has 19 heavy (non-hydrogen) atoms. The number of rotatable bonds is 4. The molecule has 3 heteroatoms. The highest BCUT2D eigenvalue weighted by Crippen LogP contribution is 2.27. The van der Waals surface area contributed by atoms with Crippen LogP contribution in [0.15, 0.2) is 18.2 Å². The van der Waals surface area contributed by atoms with E-state index < -0.39 is 0 Å². The summed E-state index contributed by atoms with van der Waals surface area (Å²) >= 11 is 0. The molecular formula is C16H26N2O. The molecular weight excluding hydrogens is 236 g/mol. The quantitative estimate of drug-likeness (QED) is 0.901. The van der Waals surface area contributed by atoms with Gasteiger partial charge in [-0.15, -0.1) is 0 Å². The Morgan fingerprint density at radius 2 is 2.16 bits per heavy atom. The zero-order chi connectivity index (χ0) is 13.8. The van der Waals surface area contributed by atoms with E-state index in [0.717, 1.165) is 26.2 Å². The smallest absolute Gasteiger partial charge is 0.0620 e. The maximum Gasteiger partial charge on any atom is 0.0620 e. The number of nitrogens with zero attached hydrogens (tertiary/aromatic N) is 1. The fraction of sp³-hybridized carbons (Fsp3) is 0.625. The molecule has 106 valence electrons. The van der Waals surface area contributed by atoms with E-state index in [1.54, 1.807) is 0 Å². The Kier molecular flexibility index (Phi) is 4.97. The molecule has 0 amide bonds. The minimum atomic E-state index is 0.444. The first-order valence-corrected chi connectivity index (χ1v) is 7.12. The van der Waals surface area contributed by atoms with Crippen molar-refractivity contribution in [2.45, 2.75) is 32.4 Å². The molecule has 0 saturated carbocycles. The SMILES string of the molecule is Cc1ccc(C)c(C(CC2COCCN2)N(C)C)c1. The lowest BCUT2D eigenvalue weighted by Gasteiger charge is -2.32. The van der Waals surface area contributed by atoms with Crippen molar-refractivity contribution in [3.05, 3.63) is 34.9 Å². The van der Waals surface area contributed by atoms with Crippen LogP contribution in [0, 0.1) is 13.8 Å². The van der Waals surface area contributed by atoms with Crippen LogP contribution in [0.1, 0.15) is 29.2 Å². The van der Waals surface area contributed by atoms with Crippen molar-refractivity contribution in [3.63, 3.8) is 0 Å². The van der Waals surface area contributed by atoms with Gasteiger partial charge in [-0.3, -0.25) is 0 Å². The molecule has 1 aromatic carbocycles. The lowest BCUT2D eigenvalue weighted by molar-refractivity contribution is 0.0647. The lowest BCUT2D eigenvalue weighted by atomic mass is 9.93. The van der Waals surface area contributed by atoms with Crippen molar-refractivity contribution >= 4 is 0 Å². The van der Waals surface area contributed by atoms with Gasteiger partial charge in [0.05, 0.1) is 13.2 Å². The molecule has 2 unspecified atom stereocenters. The van der Waals surface area contributed by atoms with Gasteiger partial charge in [0, 0.05) is 18.6 Å². The second kappa shape index (κ2) is 6.51. The molecule has 0 aromatic heterocycles. The Balaban J connectivity index is 2.16. The van der Waals surface area contributed by atoms with Crippen LogP contribution >= 0.6 is 0 Å². The van der Waals surface area contributed by atoms with Gasteiger partial charge < -0.3 is 15.0 Å². The Morgan fingerprint density at radius 3 is 2.79 bits per heavy atom. The van der Waals surface area contributed by atoms with E-state index in [0.29, 0.717) is 12.1 Å². The number of aryl methyl sites for hydroxylation is 2. The predicted octanol–water partition coefficient (Wildman–Crippen LogP) is 2.28. The molecule has 3 nitrogen and oxygen atoms in total. The highest BCUT2D eigenvalue weighted by Gasteiger charge is 2.23. The van der Waals surface area contributed by atoms with Crippen LogP contribution in [0.25, 0.3) is 0 Å². The van der Waals surface area contributed by atoms with Crippen molar-refractivity contribution in [2.24, 2.45) is 0 Å². The molecule has 2 rings (SSSR count). The van der Waals surface area contributed by atoms with Gasteiger partial charge in [-0.05, 0) is 45.5 Å². The van der Waals surface area contributed by atoms with Crippen LogP contribution in [0.2, 0.25) is 0 Å². The van der Waals surface area contributed by atoms with Crippen LogP contribution in [-0.4, -0.2) is 44.8 Å². The van der Waals surface area contributed by atoms with E-state index in [9.17, 15) is 0 Å². The maximum absolute atomic E-state index is 5.57. The standard InChI is InChI=1S/C16H26N2O/c1-12-5-6-13(2)15(9-12)16(18(3)4)10-14-11-19-8-7-17-14/h5-6,9,14,16-17H,7-8,10-11H2,1-4H3. The number of hydrogen-bond acceptors (Lipinski definition) is 3. The molecule has 0 bridgehead atoms. The third-order valence-corrected chi connectivity index (χ3v) is 3.92. The number of benzene rings is 1. The van der Waals surface area contributed by atoms with Crippen LogP contribution in [0.5, 0.6) is 0 Å². The highest BCUT2D eigenvalue weighted by molar-refractivity contribution is 5.33. The first kappa shape index (κ1) is 14.5. The lowest BCUT2D eigenvalue weighted by Crippen LogP contribution is -2.43. The summed E-state index contributed by atoms with van der Waals surface area (Å²) in [5.41, 5.74) is 4.15. The molecule has 1 aromatic rings. The summed E-state index contributed by atoms with van der Waals surface area (Å²) in [6.07, 6.45) is 1.09. The van der Waals surface area contributed by atoms with Gasteiger partial charge in [0.2, 0.25) is 0 Å². The van der Waals surface area contributed by atoms with Gasteiger partial charge in [0.1, 0.15) is 0 Å². The van der Waals surface area contributed by atoms with Gasteiger partial charge in [0.25, 0.3) is 0 Å². The van der Waals surface area contributed by atoms with Crippen LogP contribution in [0.3, 0.4) is 0 Å². The van der Waals surface area contributed by atoms with E-state index in [-0.39, 0.29) is 0 Å². The monoisotopic (exact) mass is 262 g/mol. The third kappa shape index (κ3) is 3.78. The number of ether oxygens (including phenoxy) is 1. The Labute approximate surface area is 116 Å². The van der Waals surface area contributed by atoms with Crippen molar-refractivity contribution in [3.8, 4) is 0 Å². The summed E-state index contributed by atoms with van der Waals surface area (Å²) in [4.78, 5) is 2.32. The largest absolute Gasteiger partial charge is 0.379 e. The van der Waals surface area contributed by atoms with E-state index >= 15 is 0 Å². The molecule has 0 radical (unpaired) electrons. The van der Waals surface area contributed by atoms with Gasteiger partial charge in [-0.2, -0.15) is 0 Å². The van der Waals surface area contributed by atoms with Gasteiger partial charge in [-0.1, -0.05) is 23.8 Å². The van der Waals surface area contributed by atoms with Crippen molar-refractivity contribution in [2.75, 3.05) is 33.9 Å². The van der Waals surface area contributed by atoms with Gasteiger partial charge in [-0.25, -0.2) is 0 Å². The minimum absolute atomic E-state index is 0.444. The number of morpholine rings is 1. The van der Waals surface area contributed by atoms with E-state index in [1.165, 1.54) is 16.7 Å². The highest BCUT2D eigenvalue weighted by atomic mass is 16.5. The van der Waals surface area contributed by atoms with Crippen molar-refractivity contribution < 1.29 is 4.74 Å². The zero-order valence-corrected chi connectivity index (χ0v) is 12.6. The van der Waals surface area contributed by atoms with Gasteiger partial charge >= 0.3 is 0 Å². The Morgan fingerprint density at radius 1 is 1.37 bits per heavy atom. The molecule has 1 aliphatic heterocycles. The molecule has 1 fully saturated rings. The Hall–Kier alpha value is -0.900. The summed E-state index contributed by atoms with van der Waals surface area (Å²) < 4.78 is 5.57. The first-order valence-electron chi connectivity index (χ1n) is 7.12. The molecule has 0 aliphatic carbocycles. The molecule has 1 heterocycles. The predicted molar refractivity (Wildman–Crippen MR) is 79.6 cm³/mol. The molecule has 0 spiro atoms. The molecule has 2 atom stereocenters. The first-order chi connectivity index (χ1) is 9.08. The number of hydrogen-bond donors (Lipinski definition) is 1. The summed E-state index contributed by atoms with van der Waals surface area (Å²) in [6, 6.07) is 7.64. The molecule has 1 saturated heterocycles. The molecule has 1 aliphatic rings. The van der Waals surface area contributed by atoms with E-state index in [1.807, 2.05) is 0 Å². The average Bonchev–Trinajstić information content (AvgIpc) is 2.40. The van der Waals surface area contributed by atoms with Crippen LogP contribution < -0.4 is 5.32 Å². The number of nitrogens with one attached hydrogen (secondary N) is 1. The van der Waals surface area contributed by atoms with E-state index in [4.69, 9.17) is 4.74 Å².